The van der Waals surface area contributed by atoms with Gasteiger partial charge in [-0.2, -0.15) is 0 Å². The summed E-state index contributed by atoms with van der Waals surface area (Å²) in [6, 6.07) is 4.18. The second-order valence-corrected chi connectivity index (χ2v) is 5.67. The second kappa shape index (κ2) is 6.12. The molecule has 0 saturated carbocycles. The van der Waals surface area contributed by atoms with Gasteiger partial charge in [0, 0.05) is 12.1 Å². The molecule has 0 atom stereocenters. The summed E-state index contributed by atoms with van der Waals surface area (Å²) in [7, 11) is 0. The summed E-state index contributed by atoms with van der Waals surface area (Å²) in [5, 5.41) is 5.14. The van der Waals surface area contributed by atoms with E-state index in [4.69, 9.17) is 12.2 Å². The zero-order valence-electron chi connectivity index (χ0n) is 10.6. The first kappa shape index (κ1) is 14.1. The van der Waals surface area contributed by atoms with E-state index in [0.717, 1.165) is 0 Å². The van der Waals surface area contributed by atoms with Crippen molar-refractivity contribution in [1.82, 2.24) is 10.2 Å². The Morgan fingerprint density at radius 2 is 1.94 bits per heavy atom. The lowest BCUT2D eigenvalue weighted by Crippen LogP contribution is -2.49. The summed E-state index contributed by atoms with van der Waals surface area (Å²) in [5.74, 6) is -0.128. The maximum atomic E-state index is 11.9. The highest BCUT2D eigenvalue weighted by Crippen LogP contribution is 2.10. The largest absolute Gasteiger partial charge is 0.344 e. The number of carbonyl (C=O) groups excluding carboxylic acids is 1. The lowest BCUT2D eigenvalue weighted by atomic mass is 10.2. The van der Waals surface area contributed by atoms with Crippen molar-refractivity contribution in [2.45, 2.75) is 39.8 Å². The minimum absolute atomic E-state index is 0.128. The first-order chi connectivity index (χ1) is 7.93. The average molecular weight is 270 g/mol. The molecule has 0 spiro atoms. The average Bonchev–Trinajstić information content (AvgIpc) is 2.68. The van der Waals surface area contributed by atoms with Crippen LogP contribution in [-0.4, -0.2) is 28.0 Å². The fourth-order valence-corrected chi connectivity index (χ4v) is 2.83. The molecule has 1 N–H and O–H groups in total. The van der Waals surface area contributed by atoms with Crippen LogP contribution in [0.25, 0.3) is 0 Å². The van der Waals surface area contributed by atoms with Crippen LogP contribution in [0.2, 0.25) is 0 Å². The molecule has 0 aliphatic heterocycles. The van der Waals surface area contributed by atoms with E-state index in [1.807, 2.05) is 16.3 Å². The number of carbonyl (C=O) groups is 1. The molecule has 17 heavy (non-hydrogen) atoms. The summed E-state index contributed by atoms with van der Waals surface area (Å²) >= 11 is 6.69. The molecule has 3 nitrogen and oxygen atoms in total. The van der Waals surface area contributed by atoms with Gasteiger partial charge in [-0.1, -0.05) is 6.07 Å². The van der Waals surface area contributed by atoms with Crippen molar-refractivity contribution >= 4 is 34.6 Å². The predicted molar refractivity (Wildman–Crippen MR) is 76.5 cm³/mol. The van der Waals surface area contributed by atoms with Crippen LogP contribution in [-0.2, 0) is 0 Å². The zero-order chi connectivity index (χ0) is 13.0. The number of thiocarbonyl (C=S) groups is 1. The summed E-state index contributed by atoms with van der Waals surface area (Å²) < 4.78 is 0. The Kier molecular flexibility index (Phi) is 5.08. The maximum absolute atomic E-state index is 11.9. The van der Waals surface area contributed by atoms with Crippen molar-refractivity contribution < 1.29 is 4.79 Å². The molecule has 1 heterocycles. The van der Waals surface area contributed by atoms with Gasteiger partial charge >= 0.3 is 0 Å². The van der Waals surface area contributed by atoms with E-state index in [-0.39, 0.29) is 18.0 Å². The third kappa shape index (κ3) is 3.78. The van der Waals surface area contributed by atoms with Crippen molar-refractivity contribution in [3.63, 3.8) is 0 Å². The van der Waals surface area contributed by atoms with E-state index >= 15 is 0 Å². The molecule has 0 aliphatic rings. The van der Waals surface area contributed by atoms with Crippen molar-refractivity contribution in [3.8, 4) is 0 Å². The predicted octanol–water partition coefficient (Wildman–Crippen LogP) is 2.88. The topological polar surface area (TPSA) is 32.3 Å². The third-order valence-electron chi connectivity index (χ3n) is 2.31. The molecule has 1 aromatic heterocycles. The quantitative estimate of drug-likeness (QED) is 0.857. The van der Waals surface area contributed by atoms with Gasteiger partial charge in [0.15, 0.2) is 5.11 Å². The first-order valence-corrected chi connectivity index (χ1v) is 6.89. The molecular weight excluding hydrogens is 252 g/mol. The minimum Gasteiger partial charge on any atom is -0.344 e. The van der Waals surface area contributed by atoms with Crippen LogP contribution >= 0.6 is 23.6 Å². The molecule has 0 saturated heterocycles. The Morgan fingerprint density at radius 1 is 1.35 bits per heavy atom. The van der Waals surface area contributed by atoms with Crippen molar-refractivity contribution in [1.29, 1.82) is 0 Å². The van der Waals surface area contributed by atoms with Gasteiger partial charge < -0.3 is 4.90 Å². The Labute approximate surface area is 112 Å². The number of amides is 1. The molecule has 1 amide bonds. The summed E-state index contributed by atoms with van der Waals surface area (Å²) in [6.45, 7) is 8.24. The van der Waals surface area contributed by atoms with Crippen molar-refractivity contribution in [2.24, 2.45) is 0 Å². The molecule has 1 aromatic rings. The Balaban J connectivity index is 2.68. The monoisotopic (exact) mass is 270 g/mol. The molecule has 0 unspecified atom stereocenters. The minimum atomic E-state index is -0.128. The molecule has 0 aliphatic carbocycles. The lowest BCUT2D eigenvalue weighted by molar-refractivity contribution is 0.0975. The highest BCUT2D eigenvalue weighted by Gasteiger charge is 2.19. The van der Waals surface area contributed by atoms with Crippen LogP contribution in [0.4, 0.5) is 0 Å². The highest BCUT2D eigenvalue weighted by atomic mass is 32.1. The molecule has 94 valence electrons. The first-order valence-electron chi connectivity index (χ1n) is 5.60. The normalized spacial score (nSPS) is 10.7. The van der Waals surface area contributed by atoms with E-state index in [0.29, 0.717) is 9.99 Å². The van der Waals surface area contributed by atoms with Crippen LogP contribution in [0, 0.1) is 0 Å². The lowest BCUT2D eigenvalue weighted by Gasteiger charge is -2.32. The zero-order valence-corrected chi connectivity index (χ0v) is 12.2. The molecule has 0 bridgehead atoms. The van der Waals surface area contributed by atoms with Crippen molar-refractivity contribution in [2.75, 3.05) is 0 Å². The van der Waals surface area contributed by atoms with E-state index in [2.05, 4.69) is 33.0 Å². The van der Waals surface area contributed by atoms with Gasteiger partial charge in [0.1, 0.15) is 0 Å². The van der Waals surface area contributed by atoms with E-state index in [9.17, 15) is 4.79 Å². The van der Waals surface area contributed by atoms with Gasteiger partial charge in [-0.15, -0.1) is 11.3 Å². The van der Waals surface area contributed by atoms with Crippen LogP contribution < -0.4 is 5.32 Å². The summed E-state index contributed by atoms with van der Waals surface area (Å²) in [4.78, 5) is 14.5. The number of nitrogens with one attached hydrogen (secondary N) is 1. The number of nitrogens with zero attached hydrogens (tertiary/aromatic N) is 1. The van der Waals surface area contributed by atoms with Gasteiger partial charge in [0.25, 0.3) is 5.91 Å². The maximum Gasteiger partial charge on any atom is 0.267 e. The van der Waals surface area contributed by atoms with Gasteiger partial charge in [0.05, 0.1) is 4.88 Å². The van der Waals surface area contributed by atoms with Crippen LogP contribution in [0.15, 0.2) is 17.5 Å². The summed E-state index contributed by atoms with van der Waals surface area (Å²) in [6.07, 6.45) is 0. The number of hydrogen-bond donors (Lipinski definition) is 1. The number of rotatable bonds is 3. The van der Waals surface area contributed by atoms with E-state index < -0.39 is 0 Å². The molecule has 5 heteroatoms. The Bertz CT molecular complexity index is 377. The van der Waals surface area contributed by atoms with Crippen molar-refractivity contribution in [3.05, 3.63) is 22.4 Å². The van der Waals surface area contributed by atoms with Crippen LogP contribution in [0.3, 0.4) is 0 Å². The van der Waals surface area contributed by atoms with Gasteiger partial charge in [-0.25, -0.2) is 0 Å². The van der Waals surface area contributed by atoms with Gasteiger partial charge in [-0.3, -0.25) is 10.1 Å². The Morgan fingerprint density at radius 3 is 2.35 bits per heavy atom. The molecular formula is C12H18N2OS2. The molecule has 0 aromatic carbocycles. The van der Waals surface area contributed by atoms with Crippen LogP contribution in [0.5, 0.6) is 0 Å². The smallest absolute Gasteiger partial charge is 0.267 e. The molecule has 1 rings (SSSR count). The number of hydrogen-bond acceptors (Lipinski definition) is 3. The van der Waals surface area contributed by atoms with Gasteiger partial charge in [0.2, 0.25) is 0 Å². The second-order valence-electron chi connectivity index (χ2n) is 4.33. The highest BCUT2D eigenvalue weighted by molar-refractivity contribution is 7.80. The molecule has 0 radical (unpaired) electrons. The number of thiophene rings is 1. The van der Waals surface area contributed by atoms with E-state index in [1.165, 1.54) is 11.3 Å². The SMILES string of the molecule is CC(C)N(C(=S)NC(=O)c1cccs1)C(C)C. The fourth-order valence-electron chi connectivity index (χ4n) is 1.70. The third-order valence-corrected chi connectivity index (χ3v) is 3.49. The summed E-state index contributed by atoms with van der Waals surface area (Å²) in [5.41, 5.74) is 0. The van der Waals surface area contributed by atoms with E-state index in [1.54, 1.807) is 6.07 Å². The Hall–Kier alpha value is -0.940. The van der Waals surface area contributed by atoms with Crippen LogP contribution in [0.1, 0.15) is 37.4 Å². The standard InChI is InChI=1S/C12H18N2OS2/c1-8(2)14(9(3)4)12(16)13-11(15)10-6-5-7-17-10/h5-9H,1-4H3,(H,13,15,16). The van der Waals surface area contributed by atoms with Gasteiger partial charge in [-0.05, 0) is 51.4 Å². The fraction of sp³-hybridized carbons (Fsp3) is 0.500. The molecule has 0 fully saturated rings.